The molecule has 0 N–H and O–H groups in total. The summed E-state index contributed by atoms with van der Waals surface area (Å²) in [5.74, 6) is -0.969. The molecule has 0 spiro atoms. The summed E-state index contributed by atoms with van der Waals surface area (Å²) in [6.45, 7) is 16.3. The van der Waals surface area contributed by atoms with Crippen molar-refractivity contribution in [1.82, 2.24) is 4.90 Å². The van der Waals surface area contributed by atoms with Crippen molar-refractivity contribution in [2.45, 2.75) is 226 Å². The number of ether oxygens (including phenoxy) is 3. The van der Waals surface area contributed by atoms with Gasteiger partial charge in [0, 0.05) is 17.9 Å². The first kappa shape index (κ1) is 47.8. The van der Waals surface area contributed by atoms with E-state index < -0.39 is 5.97 Å². The monoisotopic (exact) mass is 714 g/mol. The highest BCUT2D eigenvalue weighted by Gasteiger charge is 2.47. The maximum atomic E-state index is 6.64. The van der Waals surface area contributed by atoms with Crippen molar-refractivity contribution < 1.29 is 14.2 Å². The van der Waals surface area contributed by atoms with Crippen LogP contribution < -0.4 is 0 Å². The van der Waals surface area contributed by atoms with Gasteiger partial charge in [0.05, 0.1) is 18.8 Å². The van der Waals surface area contributed by atoms with Crippen LogP contribution in [0.5, 0.6) is 0 Å². The SMILES string of the molecule is CCCCC/C=C\C/C=C\CCCCCCCC1OC(C)(OCC(C)(C)C(C)(C)N(C)C)OC1CCCCCCC/C=C\C/C=C\CCCCC. The van der Waals surface area contributed by atoms with Gasteiger partial charge in [-0.3, -0.25) is 0 Å². The lowest BCUT2D eigenvalue weighted by molar-refractivity contribution is -0.340. The molecule has 0 aliphatic carbocycles. The summed E-state index contributed by atoms with van der Waals surface area (Å²) in [5, 5.41) is 0. The summed E-state index contributed by atoms with van der Waals surface area (Å²) in [7, 11) is 4.30. The molecule has 1 heterocycles. The summed E-state index contributed by atoms with van der Waals surface area (Å²) in [6.07, 6.45) is 48.8. The van der Waals surface area contributed by atoms with Crippen LogP contribution in [0.3, 0.4) is 0 Å². The highest BCUT2D eigenvalue weighted by atomic mass is 16.9. The molecule has 0 aromatic heterocycles. The molecule has 0 bridgehead atoms. The molecule has 298 valence electrons. The highest BCUT2D eigenvalue weighted by Crippen LogP contribution is 2.39. The average molecular weight is 714 g/mol. The third-order valence-corrected chi connectivity index (χ3v) is 11.5. The third kappa shape index (κ3) is 22.6. The Morgan fingerprint density at radius 3 is 1.25 bits per heavy atom. The van der Waals surface area contributed by atoms with E-state index in [9.17, 15) is 0 Å². The predicted octanol–water partition coefficient (Wildman–Crippen LogP) is 14.5. The fourth-order valence-electron chi connectivity index (χ4n) is 6.69. The smallest absolute Gasteiger partial charge is 0.280 e. The van der Waals surface area contributed by atoms with Crippen molar-refractivity contribution in [3.05, 3.63) is 48.6 Å². The van der Waals surface area contributed by atoms with Gasteiger partial charge in [-0.2, -0.15) is 0 Å². The van der Waals surface area contributed by atoms with Gasteiger partial charge >= 0.3 is 0 Å². The first-order chi connectivity index (χ1) is 24.5. The maximum absolute atomic E-state index is 6.64. The van der Waals surface area contributed by atoms with E-state index >= 15 is 0 Å². The standard InChI is InChI=1S/C47H87NO3/c1-10-12-14-16-18-20-22-24-26-28-30-32-34-36-38-40-43-44(51-47(7,50-43)49-42-45(3,4)46(5,6)48(8)9)41-39-37-35-33-31-29-27-25-23-21-19-17-15-13-11-2/h18-21,24-27,43-44H,10-17,22-23,28-42H2,1-9H3/b20-18-,21-19-,26-24-,27-25-. The van der Waals surface area contributed by atoms with Gasteiger partial charge in [0.1, 0.15) is 0 Å². The van der Waals surface area contributed by atoms with Crippen LogP contribution in [0.4, 0.5) is 0 Å². The third-order valence-electron chi connectivity index (χ3n) is 11.5. The molecule has 0 amide bonds. The molecule has 1 aliphatic heterocycles. The fraction of sp³-hybridized carbons (Fsp3) is 0.830. The predicted molar refractivity (Wildman–Crippen MR) is 224 cm³/mol. The van der Waals surface area contributed by atoms with Gasteiger partial charge in [0.2, 0.25) is 0 Å². The minimum atomic E-state index is -0.969. The van der Waals surface area contributed by atoms with Gasteiger partial charge in [-0.05, 0) is 105 Å². The molecule has 51 heavy (non-hydrogen) atoms. The van der Waals surface area contributed by atoms with Gasteiger partial charge in [0.25, 0.3) is 5.97 Å². The summed E-state index contributed by atoms with van der Waals surface area (Å²) in [4.78, 5) is 2.29. The van der Waals surface area contributed by atoms with Crippen molar-refractivity contribution in [3.8, 4) is 0 Å². The Morgan fingerprint density at radius 1 is 0.529 bits per heavy atom. The quantitative estimate of drug-likeness (QED) is 0.0500. The van der Waals surface area contributed by atoms with E-state index in [1.807, 2.05) is 6.92 Å². The molecule has 1 fully saturated rings. The van der Waals surface area contributed by atoms with Crippen LogP contribution >= 0.6 is 0 Å². The largest absolute Gasteiger partial charge is 0.327 e. The van der Waals surface area contributed by atoms with Crippen molar-refractivity contribution in [2.75, 3.05) is 20.7 Å². The fourth-order valence-corrected chi connectivity index (χ4v) is 6.69. The summed E-state index contributed by atoms with van der Waals surface area (Å²) in [6, 6.07) is 0. The average Bonchev–Trinajstić information content (AvgIpc) is 3.42. The zero-order valence-corrected chi connectivity index (χ0v) is 35.6. The van der Waals surface area contributed by atoms with Crippen LogP contribution in [-0.2, 0) is 14.2 Å². The zero-order valence-electron chi connectivity index (χ0n) is 35.6. The summed E-state index contributed by atoms with van der Waals surface area (Å²) >= 11 is 0. The molecule has 2 unspecified atom stereocenters. The van der Waals surface area contributed by atoms with E-state index in [4.69, 9.17) is 14.2 Å². The van der Waals surface area contributed by atoms with E-state index in [1.165, 1.54) is 128 Å². The normalized spacial score (nSPS) is 20.5. The van der Waals surface area contributed by atoms with Crippen molar-refractivity contribution in [1.29, 1.82) is 0 Å². The minimum absolute atomic E-state index is 0.0256. The van der Waals surface area contributed by atoms with Crippen molar-refractivity contribution >= 4 is 0 Å². The van der Waals surface area contributed by atoms with Gasteiger partial charge in [-0.15, -0.1) is 0 Å². The molecule has 4 heteroatoms. The van der Waals surface area contributed by atoms with Crippen molar-refractivity contribution in [2.24, 2.45) is 5.41 Å². The molecular weight excluding hydrogens is 627 g/mol. The number of rotatable bonds is 33. The molecule has 4 nitrogen and oxygen atoms in total. The molecule has 1 aliphatic rings. The van der Waals surface area contributed by atoms with Gasteiger partial charge < -0.3 is 19.1 Å². The zero-order chi connectivity index (χ0) is 37.7. The molecule has 0 aromatic carbocycles. The van der Waals surface area contributed by atoms with Gasteiger partial charge in [0.15, 0.2) is 0 Å². The summed E-state index contributed by atoms with van der Waals surface area (Å²) < 4.78 is 19.8. The first-order valence-corrected chi connectivity index (χ1v) is 21.8. The Hall–Kier alpha value is -1.20. The number of nitrogens with zero attached hydrogens (tertiary/aromatic N) is 1. The van der Waals surface area contributed by atoms with Crippen molar-refractivity contribution in [3.63, 3.8) is 0 Å². The second-order valence-electron chi connectivity index (χ2n) is 16.8. The molecule has 1 saturated heterocycles. The van der Waals surface area contributed by atoms with Crippen LogP contribution in [0.2, 0.25) is 0 Å². The van der Waals surface area contributed by atoms with E-state index in [1.54, 1.807) is 0 Å². The molecule has 0 radical (unpaired) electrons. The van der Waals surface area contributed by atoms with E-state index in [-0.39, 0.29) is 23.2 Å². The summed E-state index contributed by atoms with van der Waals surface area (Å²) in [5.41, 5.74) is -0.0949. The molecular formula is C47H87NO3. The molecule has 0 saturated carbocycles. The van der Waals surface area contributed by atoms with Gasteiger partial charge in [-0.1, -0.05) is 153 Å². The van der Waals surface area contributed by atoms with E-state index in [2.05, 4.69) is 109 Å². The Kier molecular flexibility index (Phi) is 27.4. The number of hydrogen-bond donors (Lipinski definition) is 0. The second-order valence-corrected chi connectivity index (χ2v) is 16.8. The van der Waals surface area contributed by atoms with E-state index in [0.717, 1.165) is 25.7 Å². The number of unbranched alkanes of at least 4 members (excludes halogenated alkanes) is 16. The lowest BCUT2D eigenvalue weighted by atomic mass is 9.74. The Morgan fingerprint density at radius 2 is 0.882 bits per heavy atom. The minimum Gasteiger partial charge on any atom is -0.327 e. The van der Waals surface area contributed by atoms with E-state index in [0.29, 0.717) is 6.61 Å². The molecule has 0 aromatic rings. The Balaban J connectivity index is 2.44. The van der Waals surface area contributed by atoms with Crippen LogP contribution in [0.15, 0.2) is 48.6 Å². The van der Waals surface area contributed by atoms with Crippen LogP contribution in [0.1, 0.15) is 203 Å². The van der Waals surface area contributed by atoms with Gasteiger partial charge in [-0.25, -0.2) is 0 Å². The maximum Gasteiger partial charge on any atom is 0.280 e. The highest BCUT2D eigenvalue weighted by molar-refractivity contribution is 4.95. The lowest BCUT2D eigenvalue weighted by Crippen LogP contribution is -2.53. The second kappa shape index (κ2) is 29.2. The van der Waals surface area contributed by atoms with Crippen LogP contribution in [0.25, 0.3) is 0 Å². The van der Waals surface area contributed by atoms with Crippen LogP contribution in [0, 0.1) is 5.41 Å². The molecule has 2 atom stereocenters. The topological polar surface area (TPSA) is 30.9 Å². The number of hydrogen-bond acceptors (Lipinski definition) is 4. The lowest BCUT2D eigenvalue weighted by Gasteiger charge is -2.47. The first-order valence-electron chi connectivity index (χ1n) is 21.8. The Bertz CT molecular complexity index is 876. The Labute approximate surface area is 319 Å². The molecule has 1 rings (SSSR count). The van der Waals surface area contributed by atoms with Crippen LogP contribution in [-0.4, -0.2) is 49.3 Å². The number of allylic oxidation sites excluding steroid dienone is 8.